The molecule has 0 aliphatic rings. The quantitative estimate of drug-likeness (QED) is 0.775. The zero-order valence-electron chi connectivity index (χ0n) is 11.2. The van der Waals surface area contributed by atoms with Crippen molar-refractivity contribution < 1.29 is 13.2 Å². The molecule has 3 N–H and O–H groups in total. The topological polar surface area (TPSA) is 89.3 Å². The summed E-state index contributed by atoms with van der Waals surface area (Å²) in [5.74, 6) is -0.420. The van der Waals surface area contributed by atoms with Gasteiger partial charge < -0.3 is 11.1 Å². The average Bonchev–Trinajstić information content (AvgIpc) is 2.27. The standard InChI is InChI=1S/C13H20N2O3S/c1-10(9-19(2,17)18)15-13(16)12(14)8-11-6-4-3-5-7-11/h3-7,10,12H,8-9,14H2,1-2H3,(H,15,16)/t10?,12-/m0/s1. The molecule has 0 heterocycles. The lowest BCUT2D eigenvalue weighted by Gasteiger charge is -2.17. The van der Waals surface area contributed by atoms with Crippen molar-refractivity contribution in [2.45, 2.75) is 25.4 Å². The zero-order valence-corrected chi connectivity index (χ0v) is 12.0. The minimum atomic E-state index is -3.11. The first-order chi connectivity index (χ1) is 8.78. The molecule has 106 valence electrons. The van der Waals surface area contributed by atoms with E-state index >= 15 is 0 Å². The van der Waals surface area contributed by atoms with Crippen molar-refractivity contribution in [1.82, 2.24) is 5.32 Å². The van der Waals surface area contributed by atoms with Crippen molar-refractivity contribution in [3.63, 3.8) is 0 Å². The molecule has 19 heavy (non-hydrogen) atoms. The van der Waals surface area contributed by atoms with Gasteiger partial charge in [-0.2, -0.15) is 0 Å². The summed E-state index contributed by atoms with van der Waals surface area (Å²) in [5.41, 5.74) is 6.77. The van der Waals surface area contributed by atoms with E-state index in [0.717, 1.165) is 11.8 Å². The second kappa shape index (κ2) is 6.68. The van der Waals surface area contributed by atoms with E-state index in [2.05, 4.69) is 5.32 Å². The van der Waals surface area contributed by atoms with E-state index in [9.17, 15) is 13.2 Å². The molecule has 1 aromatic rings. The Kier molecular flexibility index (Phi) is 5.50. The summed E-state index contributed by atoms with van der Waals surface area (Å²) >= 11 is 0. The van der Waals surface area contributed by atoms with Gasteiger partial charge in [-0.15, -0.1) is 0 Å². The fourth-order valence-corrected chi connectivity index (χ4v) is 2.80. The number of carbonyl (C=O) groups is 1. The molecule has 6 heteroatoms. The average molecular weight is 284 g/mol. The van der Waals surface area contributed by atoms with Gasteiger partial charge in [0.25, 0.3) is 0 Å². The molecule has 0 fully saturated rings. The maximum Gasteiger partial charge on any atom is 0.237 e. The molecule has 0 spiro atoms. The molecule has 1 amide bonds. The van der Waals surface area contributed by atoms with Crippen LogP contribution in [0.3, 0.4) is 0 Å². The molecule has 1 aromatic carbocycles. The normalized spacial score (nSPS) is 14.7. The Balaban J connectivity index is 2.49. The summed E-state index contributed by atoms with van der Waals surface area (Å²) in [6.45, 7) is 1.65. The first-order valence-corrected chi connectivity index (χ1v) is 8.11. The van der Waals surface area contributed by atoms with Crippen molar-refractivity contribution >= 4 is 15.7 Å². The van der Waals surface area contributed by atoms with Crippen molar-refractivity contribution in [2.75, 3.05) is 12.0 Å². The van der Waals surface area contributed by atoms with Crippen molar-refractivity contribution in [3.05, 3.63) is 35.9 Å². The molecule has 0 aliphatic carbocycles. The van der Waals surface area contributed by atoms with E-state index < -0.39 is 21.9 Å². The highest BCUT2D eigenvalue weighted by Gasteiger charge is 2.18. The van der Waals surface area contributed by atoms with Crippen LogP contribution < -0.4 is 11.1 Å². The summed E-state index contributed by atoms with van der Waals surface area (Å²) in [4.78, 5) is 11.8. The lowest BCUT2D eigenvalue weighted by Crippen LogP contribution is -2.47. The largest absolute Gasteiger partial charge is 0.351 e. The number of hydrogen-bond acceptors (Lipinski definition) is 4. The number of nitrogens with two attached hydrogens (primary N) is 1. The van der Waals surface area contributed by atoms with E-state index in [1.54, 1.807) is 6.92 Å². The second-order valence-corrected chi connectivity index (χ2v) is 6.98. The monoisotopic (exact) mass is 284 g/mol. The first-order valence-electron chi connectivity index (χ1n) is 6.05. The van der Waals surface area contributed by atoms with Crippen LogP contribution in [0.5, 0.6) is 0 Å². The van der Waals surface area contributed by atoms with Gasteiger partial charge in [0.15, 0.2) is 0 Å². The van der Waals surface area contributed by atoms with Crippen LogP contribution in [0.4, 0.5) is 0 Å². The molecule has 2 atom stereocenters. The van der Waals surface area contributed by atoms with Crippen molar-refractivity contribution in [3.8, 4) is 0 Å². The van der Waals surface area contributed by atoms with Crippen LogP contribution >= 0.6 is 0 Å². The van der Waals surface area contributed by atoms with Crippen LogP contribution in [0.15, 0.2) is 30.3 Å². The predicted molar refractivity (Wildman–Crippen MR) is 75.4 cm³/mol. The highest BCUT2D eigenvalue weighted by Crippen LogP contribution is 2.02. The Morgan fingerprint density at radius 1 is 1.32 bits per heavy atom. The number of amides is 1. The van der Waals surface area contributed by atoms with Gasteiger partial charge in [0.2, 0.25) is 5.91 Å². The van der Waals surface area contributed by atoms with Gasteiger partial charge in [-0.3, -0.25) is 4.79 Å². The molecule has 0 aromatic heterocycles. The summed E-state index contributed by atoms with van der Waals surface area (Å²) in [6.07, 6.45) is 1.57. The molecule has 5 nitrogen and oxygen atoms in total. The van der Waals surface area contributed by atoms with E-state index in [0.29, 0.717) is 6.42 Å². The lowest BCUT2D eigenvalue weighted by molar-refractivity contribution is -0.122. The SMILES string of the molecule is CC(CS(C)(=O)=O)NC(=O)[C@@H](N)Cc1ccccc1. The van der Waals surface area contributed by atoms with Crippen LogP contribution in [0.25, 0.3) is 0 Å². The molecule has 0 aliphatic heterocycles. The van der Waals surface area contributed by atoms with Gasteiger partial charge in [-0.25, -0.2) is 8.42 Å². The van der Waals surface area contributed by atoms with Gasteiger partial charge in [0.1, 0.15) is 9.84 Å². The van der Waals surface area contributed by atoms with Gasteiger partial charge in [0, 0.05) is 12.3 Å². The Morgan fingerprint density at radius 2 is 1.89 bits per heavy atom. The molecule has 1 unspecified atom stereocenters. The van der Waals surface area contributed by atoms with Gasteiger partial charge in [-0.05, 0) is 18.9 Å². The molecule has 0 radical (unpaired) electrons. The summed E-state index contributed by atoms with van der Waals surface area (Å²) in [7, 11) is -3.11. The minimum absolute atomic E-state index is 0.0865. The Hall–Kier alpha value is -1.40. The lowest BCUT2D eigenvalue weighted by atomic mass is 10.1. The third-order valence-electron chi connectivity index (χ3n) is 2.58. The molecular formula is C13H20N2O3S. The highest BCUT2D eigenvalue weighted by atomic mass is 32.2. The maximum absolute atomic E-state index is 11.8. The molecule has 1 rings (SSSR count). The number of hydrogen-bond donors (Lipinski definition) is 2. The number of nitrogens with one attached hydrogen (secondary N) is 1. The fraction of sp³-hybridized carbons (Fsp3) is 0.462. The molecule has 0 saturated carbocycles. The van der Waals surface area contributed by atoms with Gasteiger partial charge in [-0.1, -0.05) is 30.3 Å². The third kappa shape index (κ3) is 6.35. The van der Waals surface area contributed by atoms with E-state index in [-0.39, 0.29) is 11.7 Å². The summed E-state index contributed by atoms with van der Waals surface area (Å²) in [5, 5.41) is 2.61. The van der Waals surface area contributed by atoms with E-state index in [1.807, 2.05) is 30.3 Å². The maximum atomic E-state index is 11.8. The summed E-state index contributed by atoms with van der Waals surface area (Å²) < 4.78 is 22.2. The van der Waals surface area contributed by atoms with E-state index in [1.165, 1.54) is 0 Å². The Labute approximate surface area is 114 Å². The number of benzene rings is 1. The number of carbonyl (C=O) groups excluding carboxylic acids is 1. The molecule has 0 saturated heterocycles. The summed E-state index contributed by atoms with van der Waals surface area (Å²) in [6, 6.07) is 8.33. The second-order valence-electron chi connectivity index (χ2n) is 4.80. The zero-order chi connectivity index (χ0) is 14.5. The first kappa shape index (κ1) is 15.7. The van der Waals surface area contributed by atoms with Crippen molar-refractivity contribution in [2.24, 2.45) is 5.73 Å². The number of sulfone groups is 1. The van der Waals surface area contributed by atoms with Crippen LogP contribution in [-0.4, -0.2) is 38.4 Å². The fourth-order valence-electron chi connectivity index (χ4n) is 1.81. The van der Waals surface area contributed by atoms with Crippen LogP contribution in [0.1, 0.15) is 12.5 Å². The Morgan fingerprint density at radius 3 is 2.42 bits per heavy atom. The highest BCUT2D eigenvalue weighted by molar-refractivity contribution is 7.90. The minimum Gasteiger partial charge on any atom is -0.351 e. The van der Waals surface area contributed by atoms with Crippen molar-refractivity contribution in [1.29, 1.82) is 0 Å². The van der Waals surface area contributed by atoms with Crippen LogP contribution in [0, 0.1) is 0 Å². The van der Waals surface area contributed by atoms with Gasteiger partial charge >= 0.3 is 0 Å². The number of rotatable bonds is 6. The van der Waals surface area contributed by atoms with E-state index in [4.69, 9.17) is 5.73 Å². The van der Waals surface area contributed by atoms with Gasteiger partial charge in [0.05, 0.1) is 11.8 Å². The molecule has 0 bridgehead atoms. The van der Waals surface area contributed by atoms with Crippen LogP contribution in [-0.2, 0) is 21.1 Å². The Bertz CT molecular complexity index is 514. The predicted octanol–water partition coefficient (Wildman–Crippen LogP) is 0.106. The third-order valence-corrected chi connectivity index (χ3v) is 3.68. The molecular weight excluding hydrogens is 264 g/mol. The van der Waals surface area contributed by atoms with Crippen LogP contribution in [0.2, 0.25) is 0 Å². The smallest absolute Gasteiger partial charge is 0.237 e.